The molecule has 0 aromatic heterocycles. The lowest BCUT2D eigenvalue weighted by Gasteiger charge is -2.24. The summed E-state index contributed by atoms with van der Waals surface area (Å²) in [7, 11) is 0. The molecule has 0 saturated heterocycles. The van der Waals surface area contributed by atoms with Gasteiger partial charge in [0.05, 0.1) is 0 Å². The van der Waals surface area contributed by atoms with E-state index in [9.17, 15) is 14.4 Å². The van der Waals surface area contributed by atoms with Gasteiger partial charge in [-0.05, 0) is 17.9 Å². The molecule has 0 radical (unpaired) electrons. The third-order valence-electron chi connectivity index (χ3n) is 4.44. The Hall–Kier alpha value is -2.57. The van der Waals surface area contributed by atoms with E-state index in [0.29, 0.717) is 6.42 Å². The highest BCUT2D eigenvalue weighted by molar-refractivity contribution is 5.90. The first-order chi connectivity index (χ1) is 13.3. The summed E-state index contributed by atoms with van der Waals surface area (Å²) in [6.07, 6.45) is 3.75. The van der Waals surface area contributed by atoms with Crippen LogP contribution in [-0.4, -0.2) is 30.0 Å². The predicted molar refractivity (Wildman–Crippen MR) is 108 cm³/mol. The summed E-state index contributed by atoms with van der Waals surface area (Å²) >= 11 is 0. The van der Waals surface area contributed by atoms with Crippen LogP contribution in [0.3, 0.4) is 0 Å². The molecule has 0 aliphatic heterocycles. The van der Waals surface area contributed by atoms with E-state index < -0.39 is 30.0 Å². The van der Waals surface area contributed by atoms with Gasteiger partial charge in [-0.2, -0.15) is 0 Å². The van der Waals surface area contributed by atoms with Gasteiger partial charge < -0.3 is 21.1 Å². The molecular weight excluding hydrogens is 358 g/mol. The van der Waals surface area contributed by atoms with Gasteiger partial charge in [0.25, 0.3) is 0 Å². The predicted octanol–water partition coefficient (Wildman–Crippen LogP) is 2.88. The van der Waals surface area contributed by atoms with Crippen LogP contribution < -0.4 is 16.4 Å². The number of carbonyl (C=O) groups is 3. The van der Waals surface area contributed by atoms with E-state index in [2.05, 4.69) is 17.6 Å². The first-order valence-electron chi connectivity index (χ1n) is 9.92. The average Bonchev–Trinajstić information content (AvgIpc) is 2.67. The number of unbranched alkanes of at least 4 members (excludes halogenated alkanes) is 3. The number of ether oxygens (including phenoxy) is 1. The maximum Gasteiger partial charge on any atom is 0.408 e. The van der Waals surface area contributed by atoms with Gasteiger partial charge in [-0.1, -0.05) is 76.8 Å². The molecule has 0 unspecified atom stereocenters. The highest BCUT2D eigenvalue weighted by atomic mass is 16.5. The lowest BCUT2D eigenvalue weighted by molar-refractivity contribution is -0.129. The second kappa shape index (κ2) is 12.8. The largest absolute Gasteiger partial charge is 0.445 e. The van der Waals surface area contributed by atoms with Gasteiger partial charge in [0, 0.05) is 0 Å². The van der Waals surface area contributed by atoms with Crippen LogP contribution in [0.1, 0.15) is 58.4 Å². The summed E-state index contributed by atoms with van der Waals surface area (Å²) in [4.78, 5) is 36.4. The molecule has 4 N–H and O–H groups in total. The van der Waals surface area contributed by atoms with E-state index in [-0.39, 0.29) is 12.5 Å². The molecule has 1 aromatic carbocycles. The SMILES string of the molecule is CCCCCC[C@@H](NC(=O)[C@H](NC(=O)OCc1ccccc1)C(C)C)C(N)=O. The summed E-state index contributed by atoms with van der Waals surface area (Å²) < 4.78 is 5.18. The summed E-state index contributed by atoms with van der Waals surface area (Å²) in [6.45, 7) is 5.83. The topological polar surface area (TPSA) is 111 Å². The van der Waals surface area contributed by atoms with Crippen molar-refractivity contribution in [1.82, 2.24) is 10.6 Å². The molecule has 0 aliphatic carbocycles. The Balaban J connectivity index is 2.58. The standard InChI is InChI=1S/C21H33N3O4/c1-4-5-6-10-13-17(19(22)25)23-20(26)18(15(2)3)24-21(27)28-14-16-11-8-7-9-12-16/h7-9,11-12,15,17-18H,4-6,10,13-14H2,1-3H3,(H2,22,25)(H,23,26)(H,24,27)/t17-,18-/m1/s1. The zero-order valence-electron chi connectivity index (χ0n) is 17.1. The van der Waals surface area contributed by atoms with Gasteiger partial charge in [0.2, 0.25) is 11.8 Å². The van der Waals surface area contributed by atoms with E-state index in [0.717, 1.165) is 31.2 Å². The van der Waals surface area contributed by atoms with E-state index in [1.165, 1.54) is 0 Å². The van der Waals surface area contributed by atoms with E-state index >= 15 is 0 Å². The molecule has 1 aromatic rings. The Morgan fingerprint density at radius 1 is 1.04 bits per heavy atom. The fourth-order valence-corrected chi connectivity index (χ4v) is 2.75. The Morgan fingerprint density at radius 3 is 2.29 bits per heavy atom. The van der Waals surface area contributed by atoms with Crippen LogP contribution in [0.5, 0.6) is 0 Å². The zero-order chi connectivity index (χ0) is 20.9. The first kappa shape index (κ1) is 23.5. The minimum absolute atomic E-state index is 0.112. The maximum atomic E-state index is 12.6. The van der Waals surface area contributed by atoms with Crippen molar-refractivity contribution in [3.8, 4) is 0 Å². The summed E-state index contributed by atoms with van der Waals surface area (Å²) in [5.41, 5.74) is 6.27. The minimum atomic E-state index is -0.819. The normalized spacial score (nSPS) is 12.9. The second-order valence-corrected chi connectivity index (χ2v) is 7.24. The number of rotatable bonds is 12. The number of benzene rings is 1. The van der Waals surface area contributed by atoms with E-state index in [1.807, 2.05) is 44.2 Å². The van der Waals surface area contributed by atoms with E-state index in [1.54, 1.807) is 0 Å². The fraction of sp³-hybridized carbons (Fsp3) is 0.571. The third kappa shape index (κ3) is 8.88. The summed E-state index contributed by atoms with van der Waals surface area (Å²) in [5.74, 6) is -1.19. The van der Waals surface area contributed by atoms with Crippen LogP contribution in [0.15, 0.2) is 30.3 Å². The molecule has 0 saturated carbocycles. The number of amides is 3. The molecule has 156 valence electrons. The molecule has 0 spiro atoms. The number of hydrogen-bond donors (Lipinski definition) is 3. The number of hydrogen-bond acceptors (Lipinski definition) is 4. The van der Waals surface area contributed by atoms with Crippen LogP contribution in [0.25, 0.3) is 0 Å². The molecule has 28 heavy (non-hydrogen) atoms. The molecule has 0 heterocycles. The van der Waals surface area contributed by atoms with E-state index in [4.69, 9.17) is 10.5 Å². The lowest BCUT2D eigenvalue weighted by Crippen LogP contribution is -2.54. The van der Waals surface area contributed by atoms with Crippen LogP contribution in [-0.2, 0) is 20.9 Å². The van der Waals surface area contributed by atoms with Crippen molar-refractivity contribution in [2.75, 3.05) is 0 Å². The highest BCUT2D eigenvalue weighted by Gasteiger charge is 2.28. The number of alkyl carbamates (subject to hydrolysis) is 1. The van der Waals surface area contributed by atoms with Crippen LogP contribution in [0.2, 0.25) is 0 Å². The molecule has 7 nitrogen and oxygen atoms in total. The highest BCUT2D eigenvalue weighted by Crippen LogP contribution is 2.08. The molecule has 7 heteroatoms. The van der Waals surface area contributed by atoms with Crippen molar-refractivity contribution < 1.29 is 19.1 Å². The van der Waals surface area contributed by atoms with Crippen molar-refractivity contribution in [3.63, 3.8) is 0 Å². The fourth-order valence-electron chi connectivity index (χ4n) is 2.75. The van der Waals surface area contributed by atoms with Crippen molar-refractivity contribution in [2.45, 2.75) is 71.6 Å². The summed E-state index contributed by atoms with van der Waals surface area (Å²) in [5, 5.41) is 5.25. The van der Waals surface area contributed by atoms with Gasteiger partial charge in [0.15, 0.2) is 0 Å². The Morgan fingerprint density at radius 2 is 1.71 bits per heavy atom. The van der Waals surface area contributed by atoms with Gasteiger partial charge in [-0.15, -0.1) is 0 Å². The average molecular weight is 392 g/mol. The van der Waals surface area contributed by atoms with Gasteiger partial charge in [-0.3, -0.25) is 9.59 Å². The molecule has 0 fully saturated rings. The lowest BCUT2D eigenvalue weighted by atomic mass is 10.0. The number of nitrogens with two attached hydrogens (primary N) is 1. The number of carbonyl (C=O) groups excluding carboxylic acids is 3. The number of nitrogens with one attached hydrogen (secondary N) is 2. The molecular formula is C21H33N3O4. The third-order valence-corrected chi connectivity index (χ3v) is 4.44. The molecule has 0 aliphatic rings. The Kier molecular flexibility index (Phi) is 10.7. The molecule has 0 bridgehead atoms. The van der Waals surface area contributed by atoms with Crippen LogP contribution in [0, 0.1) is 5.92 Å². The van der Waals surface area contributed by atoms with Gasteiger partial charge in [0.1, 0.15) is 18.7 Å². The minimum Gasteiger partial charge on any atom is -0.445 e. The van der Waals surface area contributed by atoms with Crippen molar-refractivity contribution in [2.24, 2.45) is 11.7 Å². The quantitative estimate of drug-likeness (QED) is 0.476. The van der Waals surface area contributed by atoms with Crippen molar-refractivity contribution in [3.05, 3.63) is 35.9 Å². The van der Waals surface area contributed by atoms with Crippen molar-refractivity contribution >= 4 is 17.9 Å². The molecule has 3 amide bonds. The molecule has 2 atom stereocenters. The van der Waals surface area contributed by atoms with Crippen molar-refractivity contribution in [1.29, 1.82) is 0 Å². The Bertz CT molecular complexity index is 619. The smallest absolute Gasteiger partial charge is 0.408 e. The van der Waals surface area contributed by atoms with Gasteiger partial charge in [-0.25, -0.2) is 4.79 Å². The maximum absolute atomic E-state index is 12.6. The monoisotopic (exact) mass is 391 g/mol. The van der Waals surface area contributed by atoms with Crippen LogP contribution >= 0.6 is 0 Å². The first-order valence-corrected chi connectivity index (χ1v) is 9.92. The van der Waals surface area contributed by atoms with Crippen LogP contribution in [0.4, 0.5) is 4.79 Å². The summed E-state index contributed by atoms with van der Waals surface area (Å²) in [6, 6.07) is 7.71. The van der Waals surface area contributed by atoms with Gasteiger partial charge >= 0.3 is 6.09 Å². The second-order valence-electron chi connectivity index (χ2n) is 7.24. The number of primary amides is 1. The Labute approximate surface area is 167 Å². The zero-order valence-corrected chi connectivity index (χ0v) is 17.1. The molecule has 1 rings (SSSR count).